The molecule has 0 radical (unpaired) electrons. The minimum atomic E-state index is -0.455. The van der Waals surface area contributed by atoms with Gasteiger partial charge < -0.3 is 23.8 Å². The van der Waals surface area contributed by atoms with Gasteiger partial charge in [0.05, 0.1) is 19.6 Å². The van der Waals surface area contributed by atoms with Crippen molar-refractivity contribution in [2.24, 2.45) is 0 Å². The van der Waals surface area contributed by atoms with E-state index in [1.807, 2.05) is 19.0 Å². The lowest BCUT2D eigenvalue weighted by Crippen LogP contribution is -2.38. The molecule has 0 aromatic carbocycles. The van der Waals surface area contributed by atoms with E-state index in [-0.39, 0.29) is 36.1 Å². The maximum atomic E-state index is 13.3. The van der Waals surface area contributed by atoms with Gasteiger partial charge in [0.1, 0.15) is 18.2 Å². The summed E-state index contributed by atoms with van der Waals surface area (Å²) in [5.41, 5.74) is 0. The van der Waals surface area contributed by atoms with Crippen molar-refractivity contribution in [3.63, 3.8) is 0 Å². The number of hydrogen-bond acceptors (Lipinski definition) is 10. The van der Waals surface area contributed by atoms with Gasteiger partial charge in [-0.25, -0.2) is 0 Å². The third-order valence-electron chi connectivity index (χ3n) is 12.1. The van der Waals surface area contributed by atoms with Crippen LogP contribution in [0.2, 0.25) is 0 Å². The summed E-state index contributed by atoms with van der Waals surface area (Å²) in [6.45, 7) is 9.36. The van der Waals surface area contributed by atoms with Crippen molar-refractivity contribution in [2.45, 2.75) is 257 Å². The first-order valence-electron chi connectivity index (χ1n) is 25.8. The van der Waals surface area contributed by atoms with Gasteiger partial charge in [-0.3, -0.25) is 24.1 Å². The Balaban J connectivity index is 2.41. The lowest BCUT2D eigenvalue weighted by Gasteiger charge is -2.22. The molecule has 10 heteroatoms. The molecule has 0 bridgehead atoms. The Morgan fingerprint density at radius 2 is 0.984 bits per heavy atom. The van der Waals surface area contributed by atoms with Crippen LogP contribution in [-0.4, -0.2) is 98.9 Å². The molecule has 1 aliphatic heterocycles. The molecule has 358 valence electrons. The zero-order valence-electron chi connectivity index (χ0n) is 40.5. The van der Waals surface area contributed by atoms with E-state index >= 15 is 0 Å². The van der Waals surface area contributed by atoms with Crippen molar-refractivity contribution in [2.75, 3.05) is 46.9 Å². The van der Waals surface area contributed by atoms with Crippen LogP contribution >= 0.6 is 0 Å². The molecule has 1 fully saturated rings. The molecule has 1 saturated heterocycles. The molecule has 0 aliphatic carbocycles. The highest BCUT2D eigenvalue weighted by Gasteiger charge is 2.39. The van der Waals surface area contributed by atoms with E-state index in [9.17, 15) is 19.2 Å². The fourth-order valence-electron chi connectivity index (χ4n) is 8.24. The van der Waals surface area contributed by atoms with Crippen molar-refractivity contribution in [3.8, 4) is 0 Å². The third kappa shape index (κ3) is 34.0. The molecule has 0 aromatic heterocycles. The largest absolute Gasteiger partial charge is 0.466 e. The van der Waals surface area contributed by atoms with E-state index < -0.39 is 6.04 Å². The molecule has 1 heterocycles. The number of likely N-dealkylation sites (tertiary alicyclic amines) is 1. The zero-order valence-corrected chi connectivity index (χ0v) is 40.5. The van der Waals surface area contributed by atoms with Gasteiger partial charge in [-0.2, -0.15) is 0 Å². The van der Waals surface area contributed by atoms with E-state index in [1.165, 1.54) is 109 Å². The maximum absolute atomic E-state index is 13.3. The van der Waals surface area contributed by atoms with Crippen molar-refractivity contribution < 1.29 is 38.1 Å². The molecule has 0 saturated carbocycles. The summed E-state index contributed by atoms with van der Waals surface area (Å²) in [7, 11) is 3.85. The second-order valence-corrected chi connectivity index (χ2v) is 18.3. The van der Waals surface area contributed by atoms with Crippen LogP contribution in [-0.2, 0) is 38.1 Å². The van der Waals surface area contributed by atoms with Crippen LogP contribution in [0.1, 0.15) is 239 Å². The van der Waals surface area contributed by atoms with E-state index in [0.29, 0.717) is 58.5 Å². The Hall–Kier alpha value is -2.20. The van der Waals surface area contributed by atoms with Crippen LogP contribution in [0.4, 0.5) is 0 Å². The molecule has 1 rings (SSSR count). The van der Waals surface area contributed by atoms with Crippen LogP contribution in [0.15, 0.2) is 0 Å². The molecule has 0 spiro atoms. The second-order valence-electron chi connectivity index (χ2n) is 18.3. The van der Waals surface area contributed by atoms with Crippen LogP contribution in [0.3, 0.4) is 0 Å². The summed E-state index contributed by atoms with van der Waals surface area (Å²) in [6, 6.07) is -0.455. The predicted octanol–water partition coefficient (Wildman–Crippen LogP) is 12.5. The standard InChI is InChI=1S/C51H96N2O8/c1-6-9-12-15-18-19-20-24-32-41-58-48(54)36-30-26-31-39-53-44-46(61-50(56)38-40-52(4)5)43-47(53)51(57)59-42-33-25-23-29-37-49(55)60-45(34-27-21-16-13-10-7-2)35-28-22-17-14-11-8-3/h45-47H,6-44H2,1-5H3/t46?,47-/m0/s1. The quantitative estimate of drug-likeness (QED) is 0.0334. The Morgan fingerprint density at radius 3 is 1.52 bits per heavy atom. The number of rotatable bonds is 43. The number of nitrogens with zero attached hydrogens (tertiary/aromatic N) is 2. The summed E-state index contributed by atoms with van der Waals surface area (Å²) < 4.78 is 23.0. The zero-order chi connectivity index (χ0) is 44.6. The van der Waals surface area contributed by atoms with Crippen molar-refractivity contribution in [1.82, 2.24) is 9.80 Å². The molecule has 1 unspecified atom stereocenters. The number of ether oxygens (including phenoxy) is 4. The Bertz CT molecular complexity index is 1060. The Morgan fingerprint density at radius 1 is 0.525 bits per heavy atom. The SMILES string of the molecule is CCCCCCCCCCCOC(=O)CCCCCN1CC(OC(=O)CCN(C)C)C[C@H]1C(=O)OCCCCCCC(=O)OC(CCCCCCCC)CCCCCCCC. The van der Waals surface area contributed by atoms with Gasteiger partial charge in [-0.05, 0) is 78.4 Å². The minimum Gasteiger partial charge on any atom is -0.466 e. The normalized spacial score (nSPS) is 15.5. The summed E-state index contributed by atoms with van der Waals surface area (Å²) in [6.07, 6.45) is 35.1. The summed E-state index contributed by atoms with van der Waals surface area (Å²) in [5, 5.41) is 0. The van der Waals surface area contributed by atoms with Crippen LogP contribution in [0.5, 0.6) is 0 Å². The Kier molecular flexibility index (Phi) is 37.8. The molecule has 10 nitrogen and oxygen atoms in total. The number of carbonyl (C=O) groups is 4. The highest BCUT2D eigenvalue weighted by Crippen LogP contribution is 2.24. The smallest absolute Gasteiger partial charge is 0.323 e. The lowest BCUT2D eigenvalue weighted by atomic mass is 10.0. The summed E-state index contributed by atoms with van der Waals surface area (Å²) in [4.78, 5) is 55.0. The average Bonchev–Trinajstić information content (AvgIpc) is 3.64. The second kappa shape index (κ2) is 40.6. The van der Waals surface area contributed by atoms with Gasteiger partial charge in [0, 0.05) is 32.4 Å². The van der Waals surface area contributed by atoms with Crippen LogP contribution in [0, 0.1) is 0 Å². The van der Waals surface area contributed by atoms with Crippen LogP contribution < -0.4 is 0 Å². The molecular formula is C51H96N2O8. The monoisotopic (exact) mass is 865 g/mol. The molecule has 61 heavy (non-hydrogen) atoms. The first kappa shape index (κ1) is 56.8. The van der Waals surface area contributed by atoms with Gasteiger partial charge in [-0.1, -0.05) is 156 Å². The minimum absolute atomic E-state index is 0.0449. The number of carbonyl (C=O) groups excluding carboxylic acids is 4. The summed E-state index contributed by atoms with van der Waals surface area (Å²) in [5.74, 6) is -0.713. The number of hydrogen-bond donors (Lipinski definition) is 0. The van der Waals surface area contributed by atoms with Gasteiger partial charge >= 0.3 is 23.9 Å². The van der Waals surface area contributed by atoms with E-state index in [2.05, 4.69) is 25.7 Å². The fourth-order valence-corrected chi connectivity index (χ4v) is 8.24. The van der Waals surface area contributed by atoms with Gasteiger partial charge in [0.2, 0.25) is 0 Å². The van der Waals surface area contributed by atoms with Crippen molar-refractivity contribution in [3.05, 3.63) is 0 Å². The first-order valence-corrected chi connectivity index (χ1v) is 25.8. The molecular weight excluding hydrogens is 769 g/mol. The first-order chi connectivity index (χ1) is 29.7. The Labute approximate surface area is 375 Å². The molecule has 1 aliphatic rings. The van der Waals surface area contributed by atoms with Gasteiger partial charge in [0.25, 0.3) is 0 Å². The lowest BCUT2D eigenvalue weighted by molar-refractivity contribution is -0.151. The van der Waals surface area contributed by atoms with Crippen LogP contribution in [0.25, 0.3) is 0 Å². The van der Waals surface area contributed by atoms with Gasteiger partial charge in [-0.15, -0.1) is 0 Å². The average molecular weight is 865 g/mol. The molecule has 0 N–H and O–H groups in total. The van der Waals surface area contributed by atoms with E-state index in [0.717, 1.165) is 83.5 Å². The summed E-state index contributed by atoms with van der Waals surface area (Å²) >= 11 is 0. The third-order valence-corrected chi connectivity index (χ3v) is 12.1. The predicted molar refractivity (Wildman–Crippen MR) is 250 cm³/mol. The van der Waals surface area contributed by atoms with E-state index in [4.69, 9.17) is 18.9 Å². The maximum Gasteiger partial charge on any atom is 0.323 e. The number of esters is 4. The molecule has 2 atom stereocenters. The topological polar surface area (TPSA) is 112 Å². The van der Waals surface area contributed by atoms with Crippen molar-refractivity contribution >= 4 is 23.9 Å². The molecule has 0 aromatic rings. The van der Waals surface area contributed by atoms with E-state index in [1.54, 1.807) is 0 Å². The fraction of sp³-hybridized carbons (Fsp3) is 0.922. The van der Waals surface area contributed by atoms with Crippen molar-refractivity contribution in [1.29, 1.82) is 0 Å². The highest BCUT2D eigenvalue weighted by molar-refractivity contribution is 5.76. The van der Waals surface area contributed by atoms with Gasteiger partial charge in [0.15, 0.2) is 0 Å². The molecule has 0 amide bonds. The number of unbranched alkanes of at least 4 members (excludes halogenated alkanes) is 23. The highest BCUT2D eigenvalue weighted by atomic mass is 16.6.